The molecule has 0 saturated heterocycles. The Bertz CT molecular complexity index is 817. The Kier molecular flexibility index (Phi) is 5.02. The maximum atomic E-state index is 12.5. The Labute approximate surface area is 151 Å². The second kappa shape index (κ2) is 7.39. The number of hydrogen-bond donors (Lipinski definition) is 3. The lowest BCUT2D eigenvalue weighted by Crippen LogP contribution is -2.46. The second-order valence-corrected chi connectivity index (χ2v) is 6.33. The summed E-state index contributed by atoms with van der Waals surface area (Å²) in [6.07, 6.45) is 0.227. The van der Waals surface area contributed by atoms with Gasteiger partial charge in [0.2, 0.25) is 11.8 Å². The van der Waals surface area contributed by atoms with E-state index in [1.807, 2.05) is 48.5 Å². The lowest BCUT2D eigenvalue weighted by atomic mass is 9.93. The Balaban J connectivity index is 1.70. The van der Waals surface area contributed by atoms with E-state index >= 15 is 0 Å². The Morgan fingerprint density at radius 3 is 2.08 bits per heavy atom. The topological polar surface area (TPSA) is 95.5 Å². The van der Waals surface area contributed by atoms with Crippen molar-refractivity contribution in [3.63, 3.8) is 0 Å². The number of aliphatic carboxylic acids is 1. The van der Waals surface area contributed by atoms with Crippen molar-refractivity contribution >= 4 is 17.8 Å². The van der Waals surface area contributed by atoms with Crippen molar-refractivity contribution in [1.29, 1.82) is 0 Å². The Hall–Kier alpha value is -3.15. The molecule has 0 radical (unpaired) electrons. The lowest BCUT2D eigenvalue weighted by Gasteiger charge is -2.17. The van der Waals surface area contributed by atoms with E-state index in [-0.39, 0.29) is 18.2 Å². The van der Waals surface area contributed by atoms with Crippen molar-refractivity contribution in [2.75, 3.05) is 6.54 Å². The largest absolute Gasteiger partial charge is 0.480 e. The van der Waals surface area contributed by atoms with E-state index in [1.165, 1.54) is 6.92 Å². The van der Waals surface area contributed by atoms with Crippen LogP contribution in [-0.2, 0) is 14.4 Å². The van der Waals surface area contributed by atoms with E-state index in [1.54, 1.807) is 0 Å². The number of nitrogens with one attached hydrogen (secondary N) is 2. The summed E-state index contributed by atoms with van der Waals surface area (Å²) in [4.78, 5) is 34.8. The number of carboxylic acid groups (broad SMARTS) is 1. The molecule has 0 aromatic heterocycles. The summed E-state index contributed by atoms with van der Waals surface area (Å²) < 4.78 is 0. The third-order valence-electron chi connectivity index (χ3n) is 4.54. The molecule has 2 aromatic rings. The number of benzene rings is 2. The number of hydrogen-bond acceptors (Lipinski definition) is 3. The van der Waals surface area contributed by atoms with E-state index < -0.39 is 24.5 Å². The average Bonchev–Trinajstić information content (AvgIpc) is 2.94. The van der Waals surface area contributed by atoms with Gasteiger partial charge in [-0.2, -0.15) is 0 Å². The minimum atomic E-state index is -1.13. The van der Waals surface area contributed by atoms with E-state index in [0.717, 1.165) is 22.3 Å². The third-order valence-corrected chi connectivity index (χ3v) is 4.54. The molecule has 3 rings (SSSR count). The molecule has 1 aliphatic carbocycles. The number of rotatable bonds is 6. The van der Waals surface area contributed by atoms with Crippen molar-refractivity contribution in [1.82, 2.24) is 10.6 Å². The van der Waals surface area contributed by atoms with Gasteiger partial charge in [0, 0.05) is 12.3 Å². The molecule has 6 heteroatoms. The van der Waals surface area contributed by atoms with Gasteiger partial charge in [-0.05, 0) is 29.2 Å². The smallest absolute Gasteiger partial charge is 0.322 e. The van der Waals surface area contributed by atoms with E-state index in [2.05, 4.69) is 10.6 Å². The summed E-state index contributed by atoms with van der Waals surface area (Å²) >= 11 is 0. The first-order valence-corrected chi connectivity index (χ1v) is 8.44. The molecule has 0 fully saturated rings. The number of carbonyl (C=O) groups excluding carboxylic acids is 2. The van der Waals surface area contributed by atoms with Gasteiger partial charge in [0.15, 0.2) is 0 Å². The number of fused-ring (bicyclic) bond motifs is 3. The van der Waals surface area contributed by atoms with Gasteiger partial charge < -0.3 is 15.7 Å². The summed E-state index contributed by atoms with van der Waals surface area (Å²) in [5.74, 6) is -1.96. The molecule has 2 amide bonds. The molecule has 3 N–H and O–H groups in total. The van der Waals surface area contributed by atoms with Crippen LogP contribution >= 0.6 is 0 Å². The molecular weight excluding hydrogens is 332 g/mol. The third kappa shape index (κ3) is 3.59. The first-order chi connectivity index (χ1) is 12.5. The average molecular weight is 352 g/mol. The molecule has 1 unspecified atom stereocenters. The zero-order chi connectivity index (χ0) is 18.7. The SMILES string of the molecule is CC(NC(=O)CC1c2ccccc2-c2ccccc21)C(=O)NCC(=O)O. The van der Waals surface area contributed by atoms with Crippen LogP contribution < -0.4 is 10.6 Å². The van der Waals surface area contributed by atoms with Crippen LogP contribution in [0.15, 0.2) is 48.5 Å². The van der Waals surface area contributed by atoms with Crippen LogP contribution in [0.4, 0.5) is 0 Å². The summed E-state index contributed by atoms with van der Waals surface area (Å²) in [5.41, 5.74) is 4.47. The molecule has 1 aliphatic rings. The van der Waals surface area contributed by atoms with Crippen LogP contribution in [0.2, 0.25) is 0 Å². The van der Waals surface area contributed by atoms with Gasteiger partial charge in [-0.3, -0.25) is 14.4 Å². The van der Waals surface area contributed by atoms with Crippen LogP contribution in [0, 0.1) is 0 Å². The van der Waals surface area contributed by atoms with E-state index in [0.29, 0.717) is 0 Å². The summed E-state index contributed by atoms with van der Waals surface area (Å²) in [6.45, 7) is 1.06. The molecule has 6 nitrogen and oxygen atoms in total. The van der Waals surface area contributed by atoms with Crippen molar-refractivity contribution in [3.8, 4) is 11.1 Å². The van der Waals surface area contributed by atoms with Gasteiger partial charge in [0.1, 0.15) is 12.6 Å². The van der Waals surface area contributed by atoms with E-state index in [4.69, 9.17) is 5.11 Å². The molecule has 0 saturated carbocycles. The van der Waals surface area contributed by atoms with Crippen LogP contribution in [-0.4, -0.2) is 35.5 Å². The highest BCUT2D eigenvalue weighted by Crippen LogP contribution is 2.45. The lowest BCUT2D eigenvalue weighted by molar-refractivity contribution is -0.138. The number of carboxylic acids is 1. The van der Waals surface area contributed by atoms with Crippen molar-refractivity contribution in [2.45, 2.75) is 25.3 Å². The molecule has 134 valence electrons. The van der Waals surface area contributed by atoms with Gasteiger partial charge in [0.05, 0.1) is 0 Å². The summed E-state index contributed by atoms with van der Waals surface area (Å²) in [6, 6.07) is 15.2. The first-order valence-electron chi connectivity index (χ1n) is 8.44. The predicted octanol–water partition coefficient (Wildman–Crippen LogP) is 1.89. The van der Waals surface area contributed by atoms with Gasteiger partial charge in [0.25, 0.3) is 0 Å². The van der Waals surface area contributed by atoms with Crippen molar-refractivity contribution in [2.24, 2.45) is 0 Å². The van der Waals surface area contributed by atoms with Crippen LogP contribution in [0.1, 0.15) is 30.4 Å². The fourth-order valence-corrected chi connectivity index (χ4v) is 3.35. The molecule has 2 aromatic carbocycles. The minimum Gasteiger partial charge on any atom is -0.480 e. The van der Waals surface area contributed by atoms with Crippen LogP contribution in [0.3, 0.4) is 0 Å². The molecule has 0 aliphatic heterocycles. The molecule has 0 bridgehead atoms. The highest BCUT2D eigenvalue weighted by Gasteiger charge is 2.30. The minimum absolute atomic E-state index is 0.0586. The molecular formula is C20H20N2O4. The van der Waals surface area contributed by atoms with Crippen molar-refractivity contribution < 1.29 is 19.5 Å². The number of amides is 2. The first kappa shape index (κ1) is 17.7. The zero-order valence-corrected chi connectivity index (χ0v) is 14.4. The van der Waals surface area contributed by atoms with Gasteiger partial charge in [-0.25, -0.2) is 0 Å². The fourth-order valence-electron chi connectivity index (χ4n) is 3.35. The Morgan fingerprint density at radius 1 is 1.00 bits per heavy atom. The summed E-state index contributed by atoms with van der Waals surface area (Å²) in [7, 11) is 0. The fraction of sp³-hybridized carbons (Fsp3) is 0.250. The van der Waals surface area contributed by atoms with Gasteiger partial charge in [-0.1, -0.05) is 48.5 Å². The van der Waals surface area contributed by atoms with Crippen LogP contribution in [0.25, 0.3) is 11.1 Å². The monoisotopic (exact) mass is 352 g/mol. The molecule has 0 spiro atoms. The van der Waals surface area contributed by atoms with Crippen LogP contribution in [0.5, 0.6) is 0 Å². The van der Waals surface area contributed by atoms with E-state index in [9.17, 15) is 14.4 Å². The normalized spacial score (nSPS) is 13.4. The molecule has 26 heavy (non-hydrogen) atoms. The maximum Gasteiger partial charge on any atom is 0.322 e. The number of carbonyl (C=O) groups is 3. The highest BCUT2D eigenvalue weighted by molar-refractivity contribution is 5.90. The van der Waals surface area contributed by atoms with Gasteiger partial charge >= 0.3 is 5.97 Å². The highest BCUT2D eigenvalue weighted by atomic mass is 16.4. The maximum absolute atomic E-state index is 12.5. The second-order valence-electron chi connectivity index (χ2n) is 6.33. The van der Waals surface area contributed by atoms with Gasteiger partial charge in [-0.15, -0.1) is 0 Å². The molecule has 0 heterocycles. The van der Waals surface area contributed by atoms with Crippen molar-refractivity contribution in [3.05, 3.63) is 59.7 Å². The summed E-state index contributed by atoms with van der Waals surface area (Å²) in [5, 5.41) is 13.5. The zero-order valence-electron chi connectivity index (χ0n) is 14.4. The standard InChI is InChI=1S/C20H20N2O4/c1-12(20(26)21-11-19(24)25)22-18(23)10-17-15-8-4-2-6-13(15)14-7-3-5-9-16(14)17/h2-9,12,17H,10-11H2,1H3,(H,21,26)(H,22,23)(H,24,25). The Morgan fingerprint density at radius 2 is 1.54 bits per heavy atom. The quantitative estimate of drug-likeness (QED) is 0.740. The predicted molar refractivity (Wildman–Crippen MR) is 96.6 cm³/mol. The molecule has 1 atom stereocenters.